The van der Waals surface area contributed by atoms with Crippen molar-refractivity contribution >= 4 is 33.1 Å². The summed E-state index contributed by atoms with van der Waals surface area (Å²) >= 11 is 1.35. The number of hydrogen-bond donors (Lipinski definition) is 1. The number of hydrogen-bond acceptors (Lipinski definition) is 5. The molecule has 190 valence electrons. The van der Waals surface area contributed by atoms with Gasteiger partial charge < -0.3 is 10.1 Å². The van der Waals surface area contributed by atoms with Crippen LogP contribution in [0.5, 0.6) is 5.75 Å². The molecule has 0 aliphatic carbocycles. The zero-order valence-corrected chi connectivity index (χ0v) is 21.1. The highest BCUT2D eigenvalue weighted by Gasteiger charge is 2.35. The molecule has 0 unspecified atom stereocenters. The number of thiazole rings is 1. The van der Waals surface area contributed by atoms with Gasteiger partial charge in [0.15, 0.2) is 11.8 Å². The number of fused-ring (bicyclic) bond motifs is 1. The van der Waals surface area contributed by atoms with Crippen molar-refractivity contribution in [3.63, 3.8) is 0 Å². The normalized spacial score (nSPS) is 11.7. The van der Waals surface area contributed by atoms with Crippen LogP contribution in [0.4, 0.5) is 24.0 Å². The van der Waals surface area contributed by atoms with Crippen molar-refractivity contribution in [3.05, 3.63) is 65.7 Å². The molecule has 8 heteroatoms. The van der Waals surface area contributed by atoms with E-state index in [1.807, 2.05) is 35.7 Å². The lowest BCUT2D eigenvalue weighted by Gasteiger charge is -2.19. The van der Waals surface area contributed by atoms with Gasteiger partial charge in [0.1, 0.15) is 5.75 Å². The number of rotatable bonds is 13. The second-order valence-electron chi connectivity index (χ2n) is 8.71. The monoisotopic (exact) mass is 513 g/mol. The van der Waals surface area contributed by atoms with Gasteiger partial charge in [-0.25, -0.2) is 9.37 Å². The van der Waals surface area contributed by atoms with Crippen LogP contribution in [0.1, 0.15) is 51.0 Å². The molecule has 0 amide bonds. The van der Waals surface area contributed by atoms with E-state index in [9.17, 15) is 13.2 Å². The summed E-state index contributed by atoms with van der Waals surface area (Å²) in [6, 6.07) is 14.1. The Balaban J connectivity index is 1.48. The van der Waals surface area contributed by atoms with Crippen molar-refractivity contribution in [1.29, 1.82) is 0 Å². The van der Waals surface area contributed by atoms with E-state index in [4.69, 9.17) is 4.74 Å². The van der Waals surface area contributed by atoms with Crippen molar-refractivity contribution in [1.82, 2.24) is 9.97 Å². The third-order valence-electron chi connectivity index (χ3n) is 5.96. The Morgan fingerprint density at radius 3 is 2.64 bits per heavy atom. The predicted molar refractivity (Wildman–Crippen MR) is 141 cm³/mol. The highest BCUT2D eigenvalue weighted by Crippen LogP contribution is 2.38. The summed E-state index contributed by atoms with van der Waals surface area (Å²) in [5.74, 6) is -3.63. The Kier molecular flexibility index (Phi) is 8.80. The standard InChI is InChI=1S/C28H30F3N3OS/c1-2-3-4-5-6-7-16-35-25-14-13-21(17-23(25)28(30,31)19-29)33-27-34-24(18-36-27)22-12-8-10-20-11-9-15-32-26(20)22/h8-15,17-18H,2-7,16,19H2,1H3,(H,33,34). The first-order chi connectivity index (χ1) is 17.5. The van der Waals surface area contributed by atoms with Crippen LogP contribution < -0.4 is 10.1 Å². The SMILES string of the molecule is CCCCCCCCOc1ccc(Nc2nc(-c3cccc4cccnc34)cs2)cc1C(F)(F)CF. The summed E-state index contributed by atoms with van der Waals surface area (Å²) < 4.78 is 47.8. The molecule has 2 aromatic heterocycles. The minimum Gasteiger partial charge on any atom is -0.493 e. The summed E-state index contributed by atoms with van der Waals surface area (Å²) in [6.45, 7) is 0.687. The number of nitrogens with zero attached hydrogens (tertiary/aromatic N) is 2. The molecule has 4 nitrogen and oxygen atoms in total. The molecule has 0 bridgehead atoms. The number of alkyl halides is 3. The second-order valence-corrected chi connectivity index (χ2v) is 9.57. The molecule has 0 aliphatic rings. The third-order valence-corrected chi connectivity index (χ3v) is 6.72. The first-order valence-corrected chi connectivity index (χ1v) is 13.2. The summed E-state index contributed by atoms with van der Waals surface area (Å²) in [7, 11) is 0. The van der Waals surface area contributed by atoms with E-state index in [1.165, 1.54) is 36.3 Å². The van der Waals surface area contributed by atoms with E-state index in [2.05, 4.69) is 22.2 Å². The number of unbranched alkanes of at least 4 members (excludes halogenated alkanes) is 5. The van der Waals surface area contributed by atoms with Crippen LogP contribution in [0.2, 0.25) is 0 Å². The molecule has 4 rings (SSSR count). The first kappa shape index (κ1) is 25.9. The quantitative estimate of drug-likeness (QED) is 0.181. The van der Waals surface area contributed by atoms with Gasteiger partial charge in [0.25, 0.3) is 0 Å². The number of benzene rings is 2. The van der Waals surface area contributed by atoms with Gasteiger partial charge in [0.2, 0.25) is 0 Å². The molecule has 0 fully saturated rings. The average Bonchev–Trinajstić information content (AvgIpc) is 3.36. The van der Waals surface area contributed by atoms with E-state index in [0.717, 1.165) is 47.8 Å². The summed E-state index contributed by atoms with van der Waals surface area (Å²) in [5.41, 5.74) is 2.40. The topological polar surface area (TPSA) is 47.0 Å². The minimum absolute atomic E-state index is 0.0124. The predicted octanol–water partition coefficient (Wildman–Crippen LogP) is 8.90. The molecule has 2 heterocycles. The van der Waals surface area contributed by atoms with E-state index in [0.29, 0.717) is 17.4 Å². The van der Waals surface area contributed by atoms with Gasteiger partial charge in [-0.2, -0.15) is 8.78 Å². The largest absolute Gasteiger partial charge is 0.493 e. The lowest BCUT2D eigenvalue weighted by Crippen LogP contribution is -2.18. The van der Waals surface area contributed by atoms with Gasteiger partial charge in [0.05, 0.1) is 23.4 Å². The maximum atomic E-state index is 14.5. The van der Waals surface area contributed by atoms with Gasteiger partial charge in [-0.3, -0.25) is 4.98 Å². The molecule has 0 atom stereocenters. The van der Waals surface area contributed by atoms with Crippen LogP contribution in [0.3, 0.4) is 0 Å². The van der Waals surface area contributed by atoms with Crippen LogP contribution >= 0.6 is 11.3 Å². The van der Waals surface area contributed by atoms with E-state index >= 15 is 0 Å². The number of ether oxygens (including phenoxy) is 1. The van der Waals surface area contributed by atoms with Crippen molar-refractivity contribution < 1.29 is 17.9 Å². The van der Waals surface area contributed by atoms with Crippen LogP contribution in [0, 0.1) is 0 Å². The Hall–Kier alpha value is -3.13. The van der Waals surface area contributed by atoms with Gasteiger partial charge in [-0.1, -0.05) is 63.3 Å². The molecule has 0 spiro atoms. The first-order valence-electron chi connectivity index (χ1n) is 12.3. The summed E-state index contributed by atoms with van der Waals surface area (Å²) in [5, 5.41) is 6.51. The Morgan fingerprint density at radius 2 is 1.81 bits per heavy atom. The number of halogens is 3. The van der Waals surface area contributed by atoms with E-state index in [1.54, 1.807) is 12.3 Å². The van der Waals surface area contributed by atoms with Crippen molar-refractivity contribution in [2.75, 3.05) is 18.6 Å². The molecule has 0 aliphatic heterocycles. The van der Waals surface area contributed by atoms with Crippen LogP contribution in [-0.2, 0) is 5.92 Å². The third kappa shape index (κ3) is 6.35. The Labute approximate surface area is 213 Å². The summed E-state index contributed by atoms with van der Waals surface area (Å²) in [4.78, 5) is 9.10. The zero-order valence-electron chi connectivity index (χ0n) is 20.3. The molecular formula is C28H30F3N3OS. The highest BCUT2D eigenvalue weighted by atomic mass is 32.1. The maximum Gasteiger partial charge on any atom is 0.304 e. The van der Waals surface area contributed by atoms with E-state index < -0.39 is 18.2 Å². The molecule has 4 aromatic rings. The van der Waals surface area contributed by atoms with Crippen LogP contribution in [-0.4, -0.2) is 23.2 Å². The zero-order chi connectivity index (χ0) is 25.4. The number of pyridine rings is 1. The second kappa shape index (κ2) is 12.2. The Bertz CT molecular complexity index is 1270. The maximum absolute atomic E-state index is 14.5. The molecule has 2 aromatic carbocycles. The number of aromatic nitrogens is 2. The molecule has 1 N–H and O–H groups in total. The molecule has 36 heavy (non-hydrogen) atoms. The Morgan fingerprint density at radius 1 is 1.00 bits per heavy atom. The van der Waals surface area contributed by atoms with Crippen LogP contribution in [0.15, 0.2) is 60.1 Å². The average molecular weight is 514 g/mol. The number of nitrogens with one attached hydrogen (secondary N) is 1. The van der Waals surface area contributed by atoms with Crippen molar-refractivity contribution in [2.24, 2.45) is 0 Å². The van der Waals surface area contributed by atoms with E-state index in [-0.39, 0.29) is 5.75 Å². The van der Waals surface area contributed by atoms with Crippen LogP contribution in [0.25, 0.3) is 22.2 Å². The molecule has 0 saturated heterocycles. The van der Waals surface area contributed by atoms with Gasteiger partial charge in [0, 0.05) is 28.2 Å². The molecule has 0 radical (unpaired) electrons. The van der Waals surface area contributed by atoms with Gasteiger partial charge in [-0.05, 0) is 30.7 Å². The minimum atomic E-state index is -3.64. The van der Waals surface area contributed by atoms with Crippen molar-refractivity contribution in [2.45, 2.75) is 51.4 Å². The fraction of sp³-hybridized carbons (Fsp3) is 0.357. The summed E-state index contributed by atoms with van der Waals surface area (Å²) in [6.07, 6.45) is 8.11. The van der Waals surface area contributed by atoms with Gasteiger partial charge in [-0.15, -0.1) is 11.3 Å². The molecule has 0 saturated carbocycles. The lowest BCUT2D eigenvalue weighted by molar-refractivity contribution is -0.0302. The smallest absolute Gasteiger partial charge is 0.304 e. The fourth-order valence-electron chi connectivity index (χ4n) is 4.05. The lowest BCUT2D eigenvalue weighted by atomic mass is 10.1. The number of para-hydroxylation sites is 1. The fourth-order valence-corrected chi connectivity index (χ4v) is 4.78. The molecular weight excluding hydrogens is 483 g/mol. The number of anilines is 2. The highest BCUT2D eigenvalue weighted by molar-refractivity contribution is 7.14. The van der Waals surface area contributed by atoms with Crippen molar-refractivity contribution in [3.8, 4) is 17.0 Å². The van der Waals surface area contributed by atoms with Gasteiger partial charge >= 0.3 is 5.92 Å².